The molecule has 1 aromatic carbocycles. The lowest BCUT2D eigenvalue weighted by Gasteiger charge is -2.31. The predicted molar refractivity (Wildman–Crippen MR) is 73.3 cm³/mol. The van der Waals surface area contributed by atoms with Crippen LogP contribution in [0.2, 0.25) is 0 Å². The van der Waals surface area contributed by atoms with Crippen LogP contribution in [0.4, 0.5) is 5.69 Å². The summed E-state index contributed by atoms with van der Waals surface area (Å²) in [5.74, 6) is 0.599. The Bertz CT molecular complexity index is 380. The molecular weight excluding hydrogens is 226 g/mol. The number of amides is 1. The fourth-order valence-electron chi connectivity index (χ4n) is 2.41. The molecule has 1 atom stereocenters. The van der Waals surface area contributed by atoms with Crippen LogP contribution in [0.25, 0.3) is 0 Å². The van der Waals surface area contributed by atoms with Gasteiger partial charge in [-0.05, 0) is 44.0 Å². The lowest BCUT2D eigenvalue weighted by molar-refractivity contribution is -0.117. The molecule has 18 heavy (non-hydrogen) atoms. The van der Waals surface area contributed by atoms with E-state index < -0.39 is 0 Å². The highest BCUT2D eigenvalue weighted by atomic mass is 16.2. The van der Waals surface area contributed by atoms with E-state index in [1.807, 2.05) is 30.3 Å². The molecule has 0 radical (unpaired) electrons. The van der Waals surface area contributed by atoms with Gasteiger partial charge in [0.1, 0.15) is 0 Å². The zero-order valence-corrected chi connectivity index (χ0v) is 10.6. The van der Waals surface area contributed by atoms with E-state index >= 15 is 0 Å². The van der Waals surface area contributed by atoms with Gasteiger partial charge in [-0.25, -0.2) is 0 Å². The second-order valence-electron chi connectivity index (χ2n) is 4.89. The lowest BCUT2D eigenvalue weighted by atomic mass is 9.98. The summed E-state index contributed by atoms with van der Waals surface area (Å²) < 4.78 is 0. The molecule has 1 heterocycles. The normalized spacial score (nSPS) is 20.6. The zero-order valence-electron chi connectivity index (χ0n) is 10.6. The van der Waals surface area contributed by atoms with Crippen molar-refractivity contribution in [3.63, 3.8) is 0 Å². The van der Waals surface area contributed by atoms with Crippen LogP contribution in [0.1, 0.15) is 12.8 Å². The molecule has 0 saturated carbocycles. The summed E-state index contributed by atoms with van der Waals surface area (Å²) in [6.45, 7) is 3.12. The van der Waals surface area contributed by atoms with Crippen LogP contribution in [0, 0.1) is 5.92 Å². The minimum Gasteiger partial charge on any atom is -0.330 e. The molecular formula is C14H21N3O. The van der Waals surface area contributed by atoms with Crippen LogP contribution in [-0.4, -0.2) is 37.0 Å². The Kier molecular flexibility index (Phi) is 4.73. The molecule has 0 aromatic heterocycles. The third-order valence-corrected chi connectivity index (χ3v) is 3.36. The molecule has 1 aromatic rings. The number of benzene rings is 1. The average Bonchev–Trinajstić information content (AvgIpc) is 2.40. The number of likely N-dealkylation sites (tertiary alicyclic amines) is 1. The van der Waals surface area contributed by atoms with Gasteiger partial charge in [-0.3, -0.25) is 9.69 Å². The largest absolute Gasteiger partial charge is 0.330 e. The minimum absolute atomic E-state index is 0.0545. The monoisotopic (exact) mass is 247 g/mol. The van der Waals surface area contributed by atoms with Crippen molar-refractivity contribution in [3.05, 3.63) is 30.3 Å². The molecule has 4 nitrogen and oxygen atoms in total. The first kappa shape index (κ1) is 13.1. The number of para-hydroxylation sites is 1. The Morgan fingerprint density at radius 1 is 1.39 bits per heavy atom. The van der Waals surface area contributed by atoms with E-state index in [1.54, 1.807) is 0 Å². The number of piperidine rings is 1. The SMILES string of the molecule is NCC1CCCN(CC(=O)Nc2ccccc2)C1. The first-order valence-electron chi connectivity index (χ1n) is 6.55. The van der Waals surface area contributed by atoms with Crippen molar-refractivity contribution in [2.45, 2.75) is 12.8 Å². The average molecular weight is 247 g/mol. The smallest absolute Gasteiger partial charge is 0.238 e. The van der Waals surface area contributed by atoms with Gasteiger partial charge in [0.25, 0.3) is 0 Å². The van der Waals surface area contributed by atoms with Gasteiger partial charge in [0.05, 0.1) is 6.54 Å². The Hall–Kier alpha value is -1.39. The van der Waals surface area contributed by atoms with Gasteiger partial charge >= 0.3 is 0 Å². The lowest BCUT2D eigenvalue weighted by Crippen LogP contribution is -2.42. The first-order valence-corrected chi connectivity index (χ1v) is 6.55. The Labute approximate surface area is 108 Å². The molecule has 98 valence electrons. The number of rotatable bonds is 4. The van der Waals surface area contributed by atoms with Gasteiger partial charge in [-0.1, -0.05) is 18.2 Å². The number of nitrogens with zero attached hydrogens (tertiary/aromatic N) is 1. The van der Waals surface area contributed by atoms with Crippen molar-refractivity contribution in [1.82, 2.24) is 4.90 Å². The third-order valence-electron chi connectivity index (χ3n) is 3.36. The van der Waals surface area contributed by atoms with Crippen LogP contribution >= 0.6 is 0 Å². The maximum atomic E-state index is 11.9. The highest BCUT2D eigenvalue weighted by Crippen LogP contribution is 2.15. The number of carbonyl (C=O) groups is 1. The molecule has 1 aliphatic heterocycles. The molecule has 3 N–H and O–H groups in total. The number of nitrogens with one attached hydrogen (secondary N) is 1. The fraction of sp³-hybridized carbons (Fsp3) is 0.500. The van der Waals surface area contributed by atoms with Crippen LogP contribution < -0.4 is 11.1 Å². The summed E-state index contributed by atoms with van der Waals surface area (Å²) >= 11 is 0. The van der Waals surface area contributed by atoms with Gasteiger partial charge in [-0.2, -0.15) is 0 Å². The molecule has 0 aliphatic carbocycles. The molecule has 1 fully saturated rings. The second kappa shape index (κ2) is 6.52. The van der Waals surface area contributed by atoms with Crippen LogP contribution in [0.5, 0.6) is 0 Å². The first-order chi connectivity index (χ1) is 8.78. The molecule has 1 unspecified atom stereocenters. The van der Waals surface area contributed by atoms with E-state index in [1.165, 1.54) is 6.42 Å². The van der Waals surface area contributed by atoms with E-state index in [-0.39, 0.29) is 5.91 Å². The summed E-state index contributed by atoms with van der Waals surface area (Å²) in [7, 11) is 0. The van der Waals surface area contributed by atoms with Crippen molar-refractivity contribution < 1.29 is 4.79 Å². The maximum Gasteiger partial charge on any atom is 0.238 e. The minimum atomic E-state index is 0.0545. The molecule has 1 saturated heterocycles. The number of carbonyl (C=O) groups excluding carboxylic acids is 1. The highest BCUT2D eigenvalue weighted by Gasteiger charge is 2.20. The third kappa shape index (κ3) is 3.82. The zero-order chi connectivity index (χ0) is 12.8. The summed E-state index contributed by atoms with van der Waals surface area (Å²) in [5, 5.41) is 2.91. The van der Waals surface area contributed by atoms with Crippen molar-refractivity contribution in [3.8, 4) is 0 Å². The highest BCUT2D eigenvalue weighted by molar-refractivity contribution is 5.92. The summed E-state index contributed by atoms with van der Waals surface area (Å²) in [4.78, 5) is 14.1. The van der Waals surface area contributed by atoms with Gasteiger partial charge in [0.2, 0.25) is 5.91 Å². The van der Waals surface area contributed by atoms with Crippen LogP contribution in [-0.2, 0) is 4.79 Å². The van der Waals surface area contributed by atoms with E-state index in [9.17, 15) is 4.79 Å². The van der Waals surface area contributed by atoms with Gasteiger partial charge < -0.3 is 11.1 Å². The van der Waals surface area contributed by atoms with Gasteiger partial charge in [0.15, 0.2) is 0 Å². The van der Waals surface area contributed by atoms with Crippen LogP contribution in [0.15, 0.2) is 30.3 Å². The topological polar surface area (TPSA) is 58.4 Å². The number of hydrogen-bond acceptors (Lipinski definition) is 3. The number of hydrogen-bond donors (Lipinski definition) is 2. The quantitative estimate of drug-likeness (QED) is 0.843. The summed E-state index contributed by atoms with van der Waals surface area (Å²) in [5.41, 5.74) is 6.55. The second-order valence-corrected chi connectivity index (χ2v) is 4.89. The maximum absolute atomic E-state index is 11.9. The predicted octanol–water partition coefficient (Wildman–Crippen LogP) is 1.30. The van der Waals surface area contributed by atoms with E-state index in [0.29, 0.717) is 12.5 Å². The van der Waals surface area contributed by atoms with Crippen LogP contribution in [0.3, 0.4) is 0 Å². The van der Waals surface area contributed by atoms with Gasteiger partial charge in [0, 0.05) is 12.2 Å². The summed E-state index contributed by atoms with van der Waals surface area (Å²) in [6, 6.07) is 9.57. The van der Waals surface area contributed by atoms with Crippen molar-refractivity contribution in [2.75, 3.05) is 31.5 Å². The van der Waals surface area contributed by atoms with Crippen molar-refractivity contribution in [1.29, 1.82) is 0 Å². The standard InChI is InChI=1S/C14H21N3O/c15-9-12-5-4-8-17(10-12)11-14(18)16-13-6-2-1-3-7-13/h1-3,6-7,12H,4-5,8-11,15H2,(H,16,18). The molecule has 1 amide bonds. The Morgan fingerprint density at radius 2 is 2.17 bits per heavy atom. The fourth-order valence-corrected chi connectivity index (χ4v) is 2.41. The van der Waals surface area contributed by atoms with E-state index in [2.05, 4.69) is 10.2 Å². The Morgan fingerprint density at radius 3 is 2.89 bits per heavy atom. The number of nitrogens with two attached hydrogens (primary N) is 1. The molecule has 0 bridgehead atoms. The van der Waals surface area contributed by atoms with Gasteiger partial charge in [-0.15, -0.1) is 0 Å². The van der Waals surface area contributed by atoms with Crippen molar-refractivity contribution in [2.24, 2.45) is 11.7 Å². The number of anilines is 1. The molecule has 1 aliphatic rings. The van der Waals surface area contributed by atoms with E-state index in [4.69, 9.17) is 5.73 Å². The molecule has 0 spiro atoms. The van der Waals surface area contributed by atoms with Crippen molar-refractivity contribution >= 4 is 11.6 Å². The molecule has 2 rings (SSSR count). The van der Waals surface area contributed by atoms with E-state index in [0.717, 1.165) is 31.7 Å². The Balaban J connectivity index is 1.80. The molecule has 4 heteroatoms. The summed E-state index contributed by atoms with van der Waals surface area (Å²) in [6.07, 6.45) is 2.33.